The molecule has 0 aromatic heterocycles. The molecule has 1 aliphatic carbocycles. The van der Waals surface area contributed by atoms with Gasteiger partial charge >= 0.3 is 0 Å². The minimum atomic E-state index is 0.304. The molecule has 1 heterocycles. The van der Waals surface area contributed by atoms with Gasteiger partial charge in [-0.05, 0) is 38.0 Å². The van der Waals surface area contributed by atoms with E-state index < -0.39 is 0 Å². The van der Waals surface area contributed by atoms with Crippen molar-refractivity contribution >= 4 is 5.91 Å². The van der Waals surface area contributed by atoms with E-state index in [2.05, 4.69) is 11.8 Å². The van der Waals surface area contributed by atoms with Crippen LogP contribution in [0.2, 0.25) is 0 Å². The van der Waals surface area contributed by atoms with Crippen LogP contribution in [-0.2, 0) is 4.79 Å². The van der Waals surface area contributed by atoms with Gasteiger partial charge in [-0.15, -0.1) is 0 Å². The average Bonchev–Trinajstić information content (AvgIpc) is 3.00. The maximum absolute atomic E-state index is 11.9. The second-order valence-corrected chi connectivity index (χ2v) is 4.51. The monoisotopic (exact) mass is 181 g/mol. The second kappa shape index (κ2) is 3.69. The highest BCUT2D eigenvalue weighted by Gasteiger charge is 2.34. The van der Waals surface area contributed by atoms with E-state index in [0.717, 1.165) is 19.0 Å². The highest BCUT2D eigenvalue weighted by Crippen LogP contribution is 2.37. The van der Waals surface area contributed by atoms with Gasteiger partial charge in [-0.2, -0.15) is 0 Å². The van der Waals surface area contributed by atoms with Crippen LogP contribution in [0.5, 0.6) is 0 Å². The van der Waals surface area contributed by atoms with Crippen molar-refractivity contribution in [3.8, 4) is 0 Å². The van der Waals surface area contributed by atoms with E-state index in [9.17, 15) is 4.79 Å². The van der Waals surface area contributed by atoms with E-state index in [1.165, 1.54) is 32.1 Å². The van der Waals surface area contributed by atoms with Gasteiger partial charge in [0, 0.05) is 19.0 Å². The van der Waals surface area contributed by atoms with Gasteiger partial charge < -0.3 is 4.90 Å². The van der Waals surface area contributed by atoms with Crippen LogP contribution in [0.3, 0.4) is 0 Å². The van der Waals surface area contributed by atoms with Crippen molar-refractivity contribution in [2.24, 2.45) is 11.8 Å². The first-order valence-electron chi connectivity index (χ1n) is 5.58. The van der Waals surface area contributed by atoms with Gasteiger partial charge in [-0.1, -0.05) is 6.92 Å². The fraction of sp³-hybridized carbons (Fsp3) is 0.909. The number of likely N-dealkylation sites (tertiary alicyclic amines) is 1. The van der Waals surface area contributed by atoms with Gasteiger partial charge in [-0.3, -0.25) is 4.79 Å². The van der Waals surface area contributed by atoms with Crippen molar-refractivity contribution in [1.29, 1.82) is 0 Å². The summed E-state index contributed by atoms with van der Waals surface area (Å²) in [5.74, 6) is 1.44. The van der Waals surface area contributed by atoms with Crippen LogP contribution in [0, 0.1) is 11.8 Å². The Kier molecular flexibility index (Phi) is 2.56. The number of hydrogen-bond donors (Lipinski definition) is 0. The molecule has 0 spiro atoms. The van der Waals surface area contributed by atoms with Gasteiger partial charge in [0.2, 0.25) is 5.91 Å². The van der Waals surface area contributed by atoms with Gasteiger partial charge in [0.05, 0.1) is 0 Å². The lowest BCUT2D eigenvalue weighted by atomic mass is 10.0. The third-order valence-corrected chi connectivity index (χ3v) is 3.39. The van der Waals surface area contributed by atoms with Crippen LogP contribution in [0.4, 0.5) is 0 Å². The number of nitrogens with zero attached hydrogens (tertiary/aromatic N) is 1. The molecule has 1 atom stereocenters. The fourth-order valence-electron chi connectivity index (χ4n) is 2.20. The van der Waals surface area contributed by atoms with E-state index in [1.807, 2.05) is 0 Å². The number of piperidine rings is 1. The minimum Gasteiger partial charge on any atom is -0.342 e. The van der Waals surface area contributed by atoms with Crippen LogP contribution in [0.1, 0.15) is 39.0 Å². The van der Waals surface area contributed by atoms with Crippen LogP contribution in [-0.4, -0.2) is 23.9 Å². The molecule has 2 heteroatoms. The number of carbonyl (C=O) groups is 1. The largest absolute Gasteiger partial charge is 0.342 e. The molecule has 0 N–H and O–H groups in total. The SMILES string of the molecule is CC(C(=O)N1CCCCC1)C1CC1. The Bertz CT molecular complexity index is 192. The van der Waals surface area contributed by atoms with Gasteiger partial charge in [0.1, 0.15) is 0 Å². The van der Waals surface area contributed by atoms with E-state index in [0.29, 0.717) is 11.8 Å². The maximum Gasteiger partial charge on any atom is 0.225 e. The molecule has 1 saturated carbocycles. The Hall–Kier alpha value is -0.530. The zero-order valence-electron chi connectivity index (χ0n) is 8.46. The third kappa shape index (κ3) is 2.04. The van der Waals surface area contributed by atoms with E-state index >= 15 is 0 Å². The zero-order valence-corrected chi connectivity index (χ0v) is 8.46. The molecule has 74 valence electrons. The molecule has 0 radical (unpaired) electrons. The predicted molar refractivity (Wildman–Crippen MR) is 52.3 cm³/mol. The Labute approximate surface area is 80.3 Å². The molecule has 2 aliphatic rings. The molecular formula is C11H19NO. The lowest BCUT2D eigenvalue weighted by Crippen LogP contribution is -2.39. The van der Waals surface area contributed by atoms with Crippen molar-refractivity contribution < 1.29 is 4.79 Å². The molecule has 1 unspecified atom stereocenters. The van der Waals surface area contributed by atoms with Crippen LogP contribution >= 0.6 is 0 Å². The Morgan fingerprint density at radius 2 is 1.85 bits per heavy atom. The van der Waals surface area contributed by atoms with Crippen molar-refractivity contribution in [2.45, 2.75) is 39.0 Å². The van der Waals surface area contributed by atoms with Crippen molar-refractivity contribution in [3.63, 3.8) is 0 Å². The van der Waals surface area contributed by atoms with Gasteiger partial charge in [0.15, 0.2) is 0 Å². The summed E-state index contributed by atoms with van der Waals surface area (Å²) in [5.41, 5.74) is 0. The number of hydrogen-bond acceptors (Lipinski definition) is 1. The summed E-state index contributed by atoms with van der Waals surface area (Å²) in [6.45, 7) is 4.13. The van der Waals surface area contributed by atoms with E-state index in [1.54, 1.807) is 0 Å². The molecule has 2 fully saturated rings. The van der Waals surface area contributed by atoms with Gasteiger partial charge in [-0.25, -0.2) is 0 Å². The van der Waals surface area contributed by atoms with Crippen LogP contribution in [0.15, 0.2) is 0 Å². The molecule has 0 bridgehead atoms. The van der Waals surface area contributed by atoms with Crippen molar-refractivity contribution in [2.75, 3.05) is 13.1 Å². The summed E-state index contributed by atoms with van der Waals surface area (Å²) in [4.78, 5) is 14.0. The molecule has 13 heavy (non-hydrogen) atoms. The summed E-state index contributed by atoms with van der Waals surface area (Å²) in [6.07, 6.45) is 6.29. The summed E-state index contributed by atoms with van der Waals surface area (Å²) < 4.78 is 0. The molecule has 0 aromatic carbocycles. The van der Waals surface area contributed by atoms with Crippen molar-refractivity contribution in [1.82, 2.24) is 4.90 Å². The molecule has 2 nitrogen and oxygen atoms in total. The lowest BCUT2D eigenvalue weighted by molar-refractivity contribution is -0.136. The molecule has 1 amide bonds. The Morgan fingerprint density at radius 1 is 1.23 bits per heavy atom. The standard InChI is InChI=1S/C11H19NO/c1-9(10-5-6-10)11(13)12-7-3-2-4-8-12/h9-10H,2-8H2,1H3. The minimum absolute atomic E-state index is 0.304. The highest BCUT2D eigenvalue weighted by molar-refractivity contribution is 5.79. The molecule has 1 aliphatic heterocycles. The highest BCUT2D eigenvalue weighted by atomic mass is 16.2. The van der Waals surface area contributed by atoms with Crippen LogP contribution < -0.4 is 0 Å². The predicted octanol–water partition coefficient (Wildman–Crippen LogP) is 2.04. The lowest BCUT2D eigenvalue weighted by Gasteiger charge is -2.29. The second-order valence-electron chi connectivity index (χ2n) is 4.51. The first-order valence-corrected chi connectivity index (χ1v) is 5.58. The van der Waals surface area contributed by atoms with E-state index in [-0.39, 0.29) is 0 Å². The number of carbonyl (C=O) groups excluding carboxylic acids is 1. The Morgan fingerprint density at radius 3 is 2.38 bits per heavy atom. The third-order valence-electron chi connectivity index (χ3n) is 3.39. The number of rotatable bonds is 2. The summed E-state index contributed by atoms with van der Waals surface area (Å²) in [5, 5.41) is 0. The normalized spacial score (nSPS) is 25.8. The fourth-order valence-corrected chi connectivity index (χ4v) is 2.20. The first-order chi connectivity index (χ1) is 6.29. The molecular weight excluding hydrogens is 162 g/mol. The van der Waals surface area contributed by atoms with E-state index in [4.69, 9.17) is 0 Å². The smallest absolute Gasteiger partial charge is 0.225 e. The molecule has 1 saturated heterocycles. The quantitative estimate of drug-likeness (QED) is 0.638. The average molecular weight is 181 g/mol. The van der Waals surface area contributed by atoms with Gasteiger partial charge in [0.25, 0.3) is 0 Å². The topological polar surface area (TPSA) is 20.3 Å². The summed E-state index contributed by atoms with van der Waals surface area (Å²) in [6, 6.07) is 0. The molecule has 0 aromatic rings. The van der Waals surface area contributed by atoms with Crippen LogP contribution in [0.25, 0.3) is 0 Å². The van der Waals surface area contributed by atoms with Crippen molar-refractivity contribution in [3.05, 3.63) is 0 Å². The zero-order chi connectivity index (χ0) is 9.26. The first kappa shape index (κ1) is 9.04. The summed E-state index contributed by atoms with van der Waals surface area (Å²) >= 11 is 0. The maximum atomic E-state index is 11.9. The summed E-state index contributed by atoms with van der Waals surface area (Å²) in [7, 11) is 0. The Balaban J connectivity index is 1.86. The number of amides is 1. The molecule has 2 rings (SSSR count).